The molecule has 3 heterocycles. The van der Waals surface area contributed by atoms with Crippen molar-refractivity contribution < 1.29 is 18.0 Å². The van der Waals surface area contributed by atoms with E-state index in [0.717, 1.165) is 0 Å². The van der Waals surface area contributed by atoms with Gasteiger partial charge in [0.2, 0.25) is 0 Å². The number of aromatic nitrogens is 3. The van der Waals surface area contributed by atoms with Gasteiger partial charge in [0.25, 0.3) is 5.91 Å². The molecule has 1 aliphatic rings. The molecule has 8 nitrogen and oxygen atoms in total. The summed E-state index contributed by atoms with van der Waals surface area (Å²) < 4.78 is 41.3. The zero-order valence-corrected chi connectivity index (χ0v) is 16.6. The highest BCUT2D eigenvalue weighted by atomic mass is 19.4. The fourth-order valence-electron chi connectivity index (χ4n) is 3.66. The summed E-state index contributed by atoms with van der Waals surface area (Å²) in [6.45, 7) is 0.242. The first-order valence-electron chi connectivity index (χ1n) is 9.59. The number of hydrogen-bond acceptors (Lipinski definition) is 6. The van der Waals surface area contributed by atoms with Crippen molar-refractivity contribution in [2.24, 2.45) is 4.99 Å². The van der Waals surface area contributed by atoms with Crippen molar-refractivity contribution >= 4 is 35.0 Å². The normalized spacial score (nSPS) is 17.0. The number of anilines is 3. The molecule has 1 aliphatic heterocycles. The Labute approximate surface area is 175 Å². The van der Waals surface area contributed by atoms with Crippen LogP contribution >= 0.6 is 0 Å². The minimum Gasteiger partial charge on any atom is -0.398 e. The van der Waals surface area contributed by atoms with E-state index in [1.165, 1.54) is 21.7 Å². The van der Waals surface area contributed by atoms with Gasteiger partial charge in [0.15, 0.2) is 11.3 Å². The summed E-state index contributed by atoms with van der Waals surface area (Å²) in [5.41, 5.74) is 8.02. The van der Waals surface area contributed by atoms with Gasteiger partial charge in [-0.1, -0.05) is 0 Å². The SMILES string of the molecule is CN=Cc1ccc(NC(=O)c2cnc3ccc(N4CCCC4C(F)(F)F)nn23)cc1N. The van der Waals surface area contributed by atoms with Crippen LogP contribution in [0.4, 0.5) is 30.4 Å². The Kier molecular flexibility index (Phi) is 5.25. The van der Waals surface area contributed by atoms with Crippen molar-refractivity contribution in [2.75, 3.05) is 29.5 Å². The van der Waals surface area contributed by atoms with E-state index >= 15 is 0 Å². The molecule has 0 saturated carbocycles. The van der Waals surface area contributed by atoms with Crippen molar-refractivity contribution in [3.8, 4) is 0 Å². The Morgan fingerprint density at radius 3 is 2.84 bits per heavy atom. The minimum atomic E-state index is -4.35. The van der Waals surface area contributed by atoms with Crippen LogP contribution in [0.1, 0.15) is 28.9 Å². The number of halogens is 3. The van der Waals surface area contributed by atoms with Crippen LogP contribution in [0, 0.1) is 0 Å². The fourth-order valence-corrected chi connectivity index (χ4v) is 3.66. The van der Waals surface area contributed by atoms with Crippen LogP contribution in [0.5, 0.6) is 0 Å². The molecule has 1 unspecified atom stereocenters. The van der Waals surface area contributed by atoms with Gasteiger partial charge < -0.3 is 16.0 Å². The van der Waals surface area contributed by atoms with Gasteiger partial charge in [-0.2, -0.15) is 13.2 Å². The van der Waals surface area contributed by atoms with Gasteiger partial charge in [0, 0.05) is 36.7 Å². The summed E-state index contributed by atoms with van der Waals surface area (Å²) >= 11 is 0. The number of rotatable bonds is 4. The summed E-state index contributed by atoms with van der Waals surface area (Å²) in [5, 5.41) is 6.99. The highest BCUT2D eigenvalue weighted by Gasteiger charge is 2.46. The topological polar surface area (TPSA) is 101 Å². The average molecular weight is 431 g/mol. The van der Waals surface area contributed by atoms with Gasteiger partial charge >= 0.3 is 6.18 Å². The smallest absolute Gasteiger partial charge is 0.398 e. The Hall–Kier alpha value is -3.63. The fraction of sp³-hybridized carbons (Fsp3) is 0.300. The Bertz CT molecular complexity index is 1160. The Morgan fingerprint density at radius 1 is 1.32 bits per heavy atom. The number of alkyl halides is 3. The molecule has 162 valence electrons. The van der Waals surface area contributed by atoms with Crippen LogP contribution in [-0.2, 0) is 0 Å². The number of hydrogen-bond donors (Lipinski definition) is 2. The second kappa shape index (κ2) is 7.89. The van der Waals surface area contributed by atoms with Gasteiger partial charge in [-0.25, -0.2) is 9.50 Å². The zero-order valence-electron chi connectivity index (χ0n) is 16.6. The first-order valence-corrected chi connectivity index (χ1v) is 9.59. The maximum absolute atomic E-state index is 13.3. The molecule has 0 aliphatic carbocycles. The van der Waals surface area contributed by atoms with E-state index in [1.807, 2.05) is 0 Å². The lowest BCUT2D eigenvalue weighted by Gasteiger charge is -2.27. The molecule has 11 heteroatoms. The van der Waals surface area contributed by atoms with Gasteiger partial charge in [-0.05, 0) is 43.2 Å². The number of imidazole rings is 1. The molecule has 1 atom stereocenters. The molecular formula is C20H20F3N7O. The van der Waals surface area contributed by atoms with E-state index in [1.54, 1.807) is 37.5 Å². The molecule has 0 spiro atoms. The van der Waals surface area contributed by atoms with Crippen LogP contribution in [0.25, 0.3) is 5.65 Å². The third kappa shape index (κ3) is 4.03. The largest absolute Gasteiger partial charge is 0.408 e. The lowest BCUT2D eigenvalue weighted by atomic mass is 10.1. The number of nitrogens with two attached hydrogens (primary N) is 1. The molecule has 2 aromatic heterocycles. The number of carbonyl (C=O) groups is 1. The van der Waals surface area contributed by atoms with Crippen LogP contribution in [-0.4, -0.2) is 52.5 Å². The Balaban J connectivity index is 1.62. The van der Waals surface area contributed by atoms with Crippen molar-refractivity contribution in [3.05, 3.63) is 47.8 Å². The van der Waals surface area contributed by atoms with Gasteiger partial charge in [0.05, 0.1) is 6.20 Å². The van der Waals surface area contributed by atoms with Gasteiger partial charge in [-0.15, -0.1) is 5.10 Å². The highest BCUT2D eigenvalue weighted by Crippen LogP contribution is 2.35. The number of amides is 1. The quantitative estimate of drug-likeness (QED) is 0.488. The standard InChI is InChI=1S/C20H20F3N7O/c1-25-10-12-4-5-13(9-14(12)24)27-19(31)15-11-26-17-6-7-18(28-30(15)17)29-8-2-3-16(29)20(21,22)23/h4-7,9-11,16H,2-3,8,24H2,1H3,(H,27,31). The van der Waals surface area contributed by atoms with E-state index in [0.29, 0.717) is 29.0 Å². The van der Waals surface area contributed by atoms with Crippen LogP contribution in [0.15, 0.2) is 41.5 Å². The summed E-state index contributed by atoms with van der Waals surface area (Å²) in [4.78, 5) is 22.0. The van der Waals surface area contributed by atoms with E-state index < -0.39 is 18.1 Å². The number of nitrogens with one attached hydrogen (secondary N) is 1. The van der Waals surface area contributed by atoms with Crippen molar-refractivity contribution in [1.82, 2.24) is 14.6 Å². The first kappa shape index (κ1) is 20.6. The molecule has 0 bridgehead atoms. The molecule has 31 heavy (non-hydrogen) atoms. The molecule has 0 radical (unpaired) electrons. The number of fused-ring (bicyclic) bond motifs is 1. The first-order chi connectivity index (χ1) is 14.8. The van der Waals surface area contributed by atoms with Crippen molar-refractivity contribution in [1.29, 1.82) is 0 Å². The van der Waals surface area contributed by atoms with Gasteiger partial charge in [-0.3, -0.25) is 9.79 Å². The second-order valence-corrected chi connectivity index (χ2v) is 7.18. The average Bonchev–Trinajstić information content (AvgIpc) is 3.36. The lowest BCUT2D eigenvalue weighted by molar-refractivity contribution is -0.146. The van der Waals surface area contributed by atoms with Gasteiger partial charge in [0.1, 0.15) is 11.9 Å². The monoisotopic (exact) mass is 431 g/mol. The van der Waals surface area contributed by atoms with Crippen molar-refractivity contribution in [3.63, 3.8) is 0 Å². The third-order valence-corrected chi connectivity index (χ3v) is 5.12. The molecular weight excluding hydrogens is 411 g/mol. The zero-order chi connectivity index (χ0) is 22.2. The summed E-state index contributed by atoms with van der Waals surface area (Å²) in [5.74, 6) is -0.367. The van der Waals surface area contributed by atoms with Crippen molar-refractivity contribution in [2.45, 2.75) is 25.1 Å². The lowest BCUT2D eigenvalue weighted by Crippen LogP contribution is -2.41. The number of aliphatic imine (C=N–C) groups is 1. The summed E-state index contributed by atoms with van der Waals surface area (Å²) in [6, 6.07) is 6.42. The van der Waals surface area contributed by atoms with E-state index in [9.17, 15) is 18.0 Å². The number of benzene rings is 1. The Morgan fingerprint density at radius 2 is 2.13 bits per heavy atom. The summed E-state index contributed by atoms with van der Waals surface area (Å²) in [6.07, 6.45) is -0.990. The number of nitrogens with zero attached hydrogens (tertiary/aromatic N) is 5. The molecule has 3 aromatic rings. The molecule has 1 amide bonds. The summed E-state index contributed by atoms with van der Waals surface area (Å²) in [7, 11) is 1.63. The third-order valence-electron chi connectivity index (χ3n) is 5.12. The number of carbonyl (C=O) groups excluding carboxylic acids is 1. The molecule has 4 rings (SSSR count). The van der Waals surface area contributed by atoms with E-state index in [-0.39, 0.29) is 24.5 Å². The molecule has 3 N–H and O–H groups in total. The van der Waals surface area contributed by atoms with E-state index in [2.05, 4.69) is 20.4 Å². The predicted molar refractivity (Wildman–Crippen MR) is 112 cm³/mol. The van der Waals surface area contributed by atoms with Crippen LogP contribution in [0.2, 0.25) is 0 Å². The maximum Gasteiger partial charge on any atom is 0.408 e. The predicted octanol–water partition coefficient (Wildman–Crippen LogP) is 3.14. The minimum absolute atomic E-state index is 0.0145. The highest BCUT2D eigenvalue weighted by molar-refractivity contribution is 6.04. The molecule has 1 aromatic carbocycles. The van der Waals surface area contributed by atoms with E-state index in [4.69, 9.17) is 5.73 Å². The second-order valence-electron chi connectivity index (χ2n) is 7.18. The van der Waals surface area contributed by atoms with Crippen LogP contribution < -0.4 is 16.0 Å². The maximum atomic E-state index is 13.3. The van der Waals surface area contributed by atoms with Crippen LogP contribution in [0.3, 0.4) is 0 Å². The molecule has 1 saturated heterocycles. The molecule has 1 fully saturated rings. The number of nitrogen functional groups attached to an aromatic ring is 1.